The minimum atomic E-state index is 0.152. The van der Waals surface area contributed by atoms with Gasteiger partial charge in [0.2, 0.25) is 0 Å². The van der Waals surface area contributed by atoms with Crippen molar-refractivity contribution in [3.05, 3.63) is 0 Å². The summed E-state index contributed by atoms with van der Waals surface area (Å²) in [5.74, 6) is 0. The molecule has 0 spiro atoms. The Morgan fingerprint density at radius 2 is 1.24 bits per heavy atom. The molecule has 2 nitrogen and oxygen atoms in total. The van der Waals surface area contributed by atoms with E-state index in [1.54, 1.807) is 0 Å². The van der Waals surface area contributed by atoms with Gasteiger partial charge in [-0.05, 0) is 33.9 Å². The molecular formula is C19H42N2. The maximum Gasteiger partial charge on any atom is 0.0323 e. The van der Waals surface area contributed by atoms with Crippen molar-refractivity contribution in [2.45, 2.75) is 109 Å². The summed E-state index contributed by atoms with van der Waals surface area (Å²) < 4.78 is 0. The summed E-state index contributed by atoms with van der Waals surface area (Å²) in [4.78, 5) is 2.30. The van der Waals surface area contributed by atoms with Crippen molar-refractivity contribution in [2.75, 3.05) is 14.1 Å². The van der Waals surface area contributed by atoms with E-state index in [1.165, 1.54) is 70.6 Å². The second-order valence-electron chi connectivity index (χ2n) is 7.18. The van der Waals surface area contributed by atoms with Crippen LogP contribution in [0.3, 0.4) is 0 Å². The van der Waals surface area contributed by atoms with Gasteiger partial charge in [-0.1, -0.05) is 78.1 Å². The quantitative estimate of drug-likeness (QED) is 0.438. The van der Waals surface area contributed by atoms with Gasteiger partial charge in [-0.25, -0.2) is 0 Å². The first-order valence-corrected chi connectivity index (χ1v) is 9.42. The van der Waals surface area contributed by atoms with Crippen LogP contribution in [0.5, 0.6) is 0 Å². The lowest BCUT2D eigenvalue weighted by Gasteiger charge is -2.41. The van der Waals surface area contributed by atoms with Gasteiger partial charge in [-0.2, -0.15) is 0 Å². The highest BCUT2D eigenvalue weighted by Crippen LogP contribution is 2.23. The van der Waals surface area contributed by atoms with E-state index in [0.29, 0.717) is 6.04 Å². The first-order chi connectivity index (χ1) is 9.99. The molecule has 0 radical (unpaired) electrons. The zero-order valence-electron chi connectivity index (χ0n) is 15.6. The first-order valence-electron chi connectivity index (χ1n) is 9.42. The van der Waals surface area contributed by atoms with Crippen LogP contribution in [0.2, 0.25) is 0 Å². The molecule has 0 bridgehead atoms. The standard InChI is InChI=1S/C19H42N2/c1-6-8-9-10-11-12-13-14-15-16-17-18(20)19(3,7-2)21(4)5/h18H,6-17,20H2,1-5H3. The third-order valence-electron chi connectivity index (χ3n) is 5.40. The van der Waals surface area contributed by atoms with Crippen molar-refractivity contribution < 1.29 is 0 Å². The second-order valence-corrected chi connectivity index (χ2v) is 7.18. The van der Waals surface area contributed by atoms with E-state index >= 15 is 0 Å². The Kier molecular flexibility index (Phi) is 12.4. The maximum absolute atomic E-state index is 6.43. The van der Waals surface area contributed by atoms with Crippen molar-refractivity contribution in [3.63, 3.8) is 0 Å². The lowest BCUT2D eigenvalue weighted by atomic mass is 9.85. The Hall–Kier alpha value is -0.0800. The summed E-state index contributed by atoms with van der Waals surface area (Å²) in [6, 6.07) is 0.298. The molecular weight excluding hydrogens is 256 g/mol. The highest BCUT2D eigenvalue weighted by Gasteiger charge is 2.31. The van der Waals surface area contributed by atoms with E-state index in [0.717, 1.165) is 6.42 Å². The number of hydrogen-bond donors (Lipinski definition) is 1. The molecule has 2 N–H and O–H groups in total. The largest absolute Gasteiger partial charge is 0.326 e. The van der Waals surface area contributed by atoms with Gasteiger partial charge in [0.15, 0.2) is 0 Å². The smallest absolute Gasteiger partial charge is 0.0323 e. The van der Waals surface area contributed by atoms with E-state index < -0.39 is 0 Å². The number of hydrogen-bond acceptors (Lipinski definition) is 2. The second kappa shape index (κ2) is 12.5. The molecule has 0 aromatic carbocycles. The van der Waals surface area contributed by atoms with Crippen LogP contribution in [0.25, 0.3) is 0 Å². The summed E-state index contributed by atoms with van der Waals surface area (Å²) in [5.41, 5.74) is 6.58. The predicted molar refractivity (Wildman–Crippen MR) is 96.8 cm³/mol. The van der Waals surface area contributed by atoms with Gasteiger partial charge in [0.05, 0.1) is 0 Å². The van der Waals surface area contributed by atoms with Gasteiger partial charge in [0.1, 0.15) is 0 Å². The van der Waals surface area contributed by atoms with Gasteiger partial charge in [-0.15, -0.1) is 0 Å². The Morgan fingerprint density at radius 1 is 0.810 bits per heavy atom. The molecule has 0 rings (SSSR count). The van der Waals surface area contributed by atoms with Crippen LogP contribution < -0.4 is 5.73 Å². The van der Waals surface area contributed by atoms with Gasteiger partial charge in [-0.3, -0.25) is 0 Å². The van der Waals surface area contributed by atoms with Crippen LogP contribution in [0.15, 0.2) is 0 Å². The third-order valence-corrected chi connectivity index (χ3v) is 5.40. The fraction of sp³-hybridized carbons (Fsp3) is 1.00. The van der Waals surface area contributed by atoms with Crippen molar-refractivity contribution in [1.29, 1.82) is 0 Å². The molecule has 2 atom stereocenters. The maximum atomic E-state index is 6.43. The zero-order chi connectivity index (χ0) is 16.1. The number of unbranched alkanes of at least 4 members (excludes halogenated alkanes) is 9. The monoisotopic (exact) mass is 298 g/mol. The highest BCUT2D eigenvalue weighted by atomic mass is 15.2. The molecule has 0 aliphatic carbocycles. The highest BCUT2D eigenvalue weighted by molar-refractivity contribution is 4.91. The normalized spacial score (nSPS) is 16.1. The Morgan fingerprint density at radius 3 is 1.62 bits per heavy atom. The Bertz CT molecular complexity index is 228. The molecule has 0 amide bonds. The molecule has 0 aliphatic rings. The molecule has 0 saturated carbocycles. The average Bonchev–Trinajstić information content (AvgIpc) is 2.47. The summed E-state index contributed by atoms with van der Waals surface area (Å²) in [6.07, 6.45) is 16.3. The fourth-order valence-corrected chi connectivity index (χ4v) is 3.07. The van der Waals surface area contributed by atoms with Gasteiger partial charge in [0.25, 0.3) is 0 Å². The minimum Gasteiger partial charge on any atom is -0.326 e. The predicted octanol–water partition coefficient (Wildman–Crippen LogP) is 5.36. The van der Waals surface area contributed by atoms with Crippen molar-refractivity contribution in [3.8, 4) is 0 Å². The SMILES string of the molecule is CCCCCCCCCCCCC(N)C(C)(CC)N(C)C. The molecule has 2 unspecified atom stereocenters. The van der Waals surface area contributed by atoms with Gasteiger partial charge < -0.3 is 10.6 Å². The molecule has 0 aromatic heterocycles. The van der Waals surface area contributed by atoms with Crippen LogP contribution in [0.1, 0.15) is 97.8 Å². The molecule has 128 valence electrons. The lowest BCUT2D eigenvalue weighted by Crippen LogP contribution is -2.54. The number of likely N-dealkylation sites (N-methyl/N-ethyl adjacent to an activating group) is 1. The van der Waals surface area contributed by atoms with Gasteiger partial charge >= 0.3 is 0 Å². The fourth-order valence-electron chi connectivity index (χ4n) is 3.07. The molecule has 0 saturated heterocycles. The van der Waals surface area contributed by atoms with E-state index in [2.05, 4.69) is 39.8 Å². The minimum absolute atomic E-state index is 0.152. The van der Waals surface area contributed by atoms with Crippen molar-refractivity contribution in [1.82, 2.24) is 4.90 Å². The number of nitrogens with zero attached hydrogens (tertiary/aromatic N) is 1. The van der Waals surface area contributed by atoms with E-state index in [4.69, 9.17) is 5.73 Å². The zero-order valence-corrected chi connectivity index (χ0v) is 15.6. The van der Waals surface area contributed by atoms with Crippen LogP contribution in [0.4, 0.5) is 0 Å². The van der Waals surface area contributed by atoms with Crippen LogP contribution in [-0.2, 0) is 0 Å². The van der Waals surface area contributed by atoms with Crippen LogP contribution in [-0.4, -0.2) is 30.6 Å². The summed E-state index contributed by atoms with van der Waals surface area (Å²) in [5, 5.41) is 0. The average molecular weight is 299 g/mol. The van der Waals surface area contributed by atoms with E-state index in [1.807, 2.05) is 0 Å². The Labute approximate surface area is 134 Å². The Balaban J connectivity index is 3.54. The molecule has 21 heavy (non-hydrogen) atoms. The van der Waals surface area contributed by atoms with Gasteiger partial charge in [0, 0.05) is 11.6 Å². The van der Waals surface area contributed by atoms with E-state index in [9.17, 15) is 0 Å². The van der Waals surface area contributed by atoms with Crippen molar-refractivity contribution >= 4 is 0 Å². The first kappa shape index (κ1) is 20.9. The van der Waals surface area contributed by atoms with Crippen LogP contribution in [0, 0.1) is 0 Å². The third kappa shape index (κ3) is 8.83. The summed E-state index contributed by atoms with van der Waals surface area (Å²) >= 11 is 0. The number of nitrogens with two attached hydrogens (primary N) is 1. The van der Waals surface area contributed by atoms with E-state index in [-0.39, 0.29) is 5.54 Å². The molecule has 0 aliphatic heterocycles. The molecule has 0 aromatic rings. The lowest BCUT2D eigenvalue weighted by molar-refractivity contribution is 0.125. The summed E-state index contributed by atoms with van der Waals surface area (Å²) in [7, 11) is 4.31. The molecule has 0 heterocycles. The molecule has 0 fully saturated rings. The topological polar surface area (TPSA) is 29.3 Å². The number of rotatable bonds is 14. The molecule has 2 heteroatoms. The summed E-state index contributed by atoms with van der Waals surface area (Å²) in [6.45, 7) is 6.83. The van der Waals surface area contributed by atoms with Crippen molar-refractivity contribution in [2.24, 2.45) is 5.73 Å². The van der Waals surface area contributed by atoms with Crippen LogP contribution >= 0.6 is 0 Å².